The average Bonchev–Trinajstić information content (AvgIpc) is 2.19. The van der Waals surface area contributed by atoms with Crippen molar-refractivity contribution in [1.29, 1.82) is 0 Å². The molecule has 0 aliphatic heterocycles. The molecule has 0 radical (unpaired) electrons. The SMILES string of the molecule is CC(C)C(N)CN(C)C1CCCCC1. The first-order chi connectivity index (χ1) is 6.61. The molecule has 1 saturated carbocycles. The third-order valence-electron chi connectivity index (χ3n) is 3.55. The lowest BCUT2D eigenvalue weighted by Gasteiger charge is -2.33. The van der Waals surface area contributed by atoms with E-state index in [1.54, 1.807) is 0 Å². The highest BCUT2D eigenvalue weighted by atomic mass is 15.1. The number of hydrogen-bond acceptors (Lipinski definition) is 2. The molecule has 1 fully saturated rings. The Morgan fingerprint density at radius 2 is 1.79 bits per heavy atom. The molecule has 0 bridgehead atoms. The summed E-state index contributed by atoms with van der Waals surface area (Å²) in [5.74, 6) is 0.598. The van der Waals surface area contributed by atoms with Crippen molar-refractivity contribution < 1.29 is 0 Å². The van der Waals surface area contributed by atoms with Gasteiger partial charge in [0.15, 0.2) is 0 Å². The molecule has 1 unspecified atom stereocenters. The van der Waals surface area contributed by atoms with Crippen molar-refractivity contribution in [3.8, 4) is 0 Å². The van der Waals surface area contributed by atoms with Gasteiger partial charge in [0.2, 0.25) is 0 Å². The van der Waals surface area contributed by atoms with E-state index in [4.69, 9.17) is 5.73 Å². The quantitative estimate of drug-likeness (QED) is 0.750. The van der Waals surface area contributed by atoms with E-state index in [-0.39, 0.29) is 0 Å². The maximum absolute atomic E-state index is 6.08. The van der Waals surface area contributed by atoms with Crippen LogP contribution in [-0.4, -0.2) is 30.6 Å². The van der Waals surface area contributed by atoms with Gasteiger partial charge in [-0.25, -0.2) is 0 Å². The van der Waals surface area contributed by atoms with Gasteiger partial charge >= 0.3 is 0 Å². The monoisotopic (exact) mass is 198 g/mol. The fourth-order valence-electron chi connectivity index (χ4n) is 2.21. The molecule has 2 N–H and O–H groups in total. The summed E-state index contributed by atoms with van der Waals surface area (Å²) in [5.41, 5.74) is 6.08. The van der Waals surface area contributed by atoms with Crippen molar-refractivity contribution in [1.82, 2.24) is 4.90 Å². The molecule has 0 heterocycles. The van der Waals surface area contributed by atoms with Crippen molar-refractivity contribution in [2.75, 3.05) is 13.6 Å². The number of hydrogen-bond donors (Lipinski definition) is 1. The van der Waals surface area contributed by atoms with E-state index in [1.165, 1.54) is 32.1 Å². The first kappa shape index (κ1) is 12.0. The van der Waals surface area contributed by atoms with Crippen LogP contribution in [-0.2, 0) is 0 Å². The molecule has 0 saturated heterocycles. The standard InChI is InChI=1S/C12H26N2/c1-10(2)12(13)9-14(3)11-7-5-4-6-8-11/h10-12H,4-9,13H2,1-3H3. The lowest BCUT2D eigenvalue weighted by Crippen LogP contribution is -2.44. The molecule has 0 aromatic heterocycles. The van der Waals surface area contributed by atoms with Crippen molar-refractivity contribution in [3.05, 3.63) is 0 Å². The topological polar surface area (TPSA) is 29.3 Å². The normalized spacial score (nSPS) is 21.9. The van der Waals surface area contributed by atoms with E-state index < -0.39 is 0 Å². The zero-order valence-electron chi connectivity index (χ0n) is 10.00. The van der Waals surface area contributed by atoms with Crippen molar-refractivity contribution in [2.45, 2.75) is 58.0 Å². The van der Waals surface area contributed by atoms with Crippen molar-refractivity contribution in [3.63, 3.8) is 0 Å². The zero-order valence-corrected chi connectivity index (χ0v) is 10.00. The van der Waals surface area contributed by atoms with Gasteiger partial charge in [0.1, 0.15) is 0 Å². The Kier molecular flexibility index (Phi) is 4.90. The fourth-order valence-corrected chi connectivity index (χ4v) is 2.21. The van der Waals surface area contributed by atoms with Crippen LogP contribution in [0.3, 0.4) is 0 Å². The van der Waals surface area contributed by atoms with E-state index in [9.17, 15) is 0 Å². The Bertz CT molecular complexity index is 150. The summed E-state index contributed by atoms with van der Waals surface area (Å²) in [5, 5.41) is 0. The molecule has 2 heteroatoms. The van der Waals surface area contributed by atoms with E-state index in [2.05, 4.69) is 25.8 Å². The molecule has 84 valence electrons. The lowest BCUT2D eigenvalue weighted by molar-refractivity contribution is 0.172. The highest BCUT2D eigenvalue weighted by Gasteiger charge is 2.20. The molecule has 1 aliphatic carbocycles. The Labute approximate surface area is 88.8 Å². The van der Waals surface area contributed by atoms with Crippen LogP contribution in [0.2, 0.25) is 0 Å². The van der Waals surface area contributed by atoms with Gasteiger partial charge in [-0.05, 0) is 25.8 Å². The van der Waals surface area contributed by atoms with E-state index >= 15 is 0 Å². The van der Waals surface area contributed by atoms with Gasteiger partial charge in [0.05, 0.1) is 0 Å². The summed E-state index contributed by atoms with van der Waals surface area (Å²) in [6.07, 6.45) is 7.00. The van der Waals surface area contributed by atoms with Crippen LogP contribution in [0.15, 0.2) is 0 Å². The second-order valence-electron chi connectivity index (χ2n) is 5.14. The van der Waals surface area contributed by atoms with Gasteiger partial charge in [-0.2, -0.15) is 0 Å². The van der Waals surface area contributed by atoms with Crippen LogP contribution >= 0.6 is 0 Å². The maximum Gasteiger partial charge on any atom is 0.0191 e. The van der Waals surface area contributed by atoms with Crippen LogP contribution in [0.25, 0.3) is 0 Å². The Morgan fingerprint density at radius 3 is 2.29 bits per heavy atom. The average molecular weight is 198 g/mol. The lowest BCUT2D eigenvalue weighted by atomic mass is 9.93. The summed E-state index contributed by atoms with van der Waals surface area (Å²) in [6.45, 7) is 5.47. The molecule has 0 amide bonds. The number of nitrogens with two attached hydrogens (primary N) is 1. The first-order valence-electron chi connectivity index (χ1n) is 6.07. The molecular formula is C12H26N2. The van der Waals surface area contributed by atoms with Crippen LogP contribution in [0.5, 0.6) is 0 Å². The molecular weight excluding hydrogens is 172 g/mol. The van der Waals surface area contributed by atoms with Crippen LogP contribution in [0.4, 0.5) is 0 Å². The minimum Gasteiger partial charge on any atom is -0.326 e. The van der Waals surface area contributed by atoms with E-state index in [0.29, 0.717) is 12.0 Å². The van der Waals surface area contributed by atoms with Crippen LogP contribution in [0.1, 0.15) is 46.0 Å². The van der Waals surface area contributed by atoms with Crippen molar-refractivity contribution >= 4 is 0 Å². The molecule has 1 rings (SSSR count). The van der Waals surface area contributed by atoms with E-state index in [1.807, 2.05) is 0 Å². The first-order valence-corrected chi connectivity index (χ1v) is 6.07. The molecule has 0 aromatic rings. The van der Waals surface area contributed by atoms with Crippen LogP contribution < -0.4 is 5.73 Å². The van der Waals surface area contributed by atoms with Gasteiger partial charge in [0, 0.05) is 18.6 Å². The van der Waals surface area contributed by atoms with Crippen LogP contribution in [0, 0.1) is 5.92 Å². The predicted molar refractivity (Wildman–Crippen MR) is 62.3 cm³/mol. The second-order valence-corrected chi connectivity index (χ2v) is 5.14. The molecule has 14 heavy (non-hydrogen) atoms. The number of likely N-dealkylation sites (N-methyl/N-ethyl adjacent to an activating group) is 1. The van der Waals surface area contributed by atoms with Gasteiger partial charge in [-0.15, -0.1) is 0 Å². The largest absolute Gasteiger partial charge is 0.326 e. The van der Waals surface area contributed by atoms with Gasteiger partial charge in [-0.1, -0.05) is 33.1 Å². The minimum absolute atomic E-state index is 0.335. The molecule has 1 atom stereocenters. The van der Waals surface area contributed by atoms with Gasteiger partial charge < -0.3 is 10.6 Å². The predicted octanol–water partition coefficient (Wildman–Crippen LogP) is 2.23. The van der Waals surface area contributed by atoms with Gasteiger partial charge in [0.25, 0.3) is 0 Å². The summed E-state index contributed by atoms with van der Waals surface area (Å²) in [7, 11) is 2.23. The highest BCUT2D eigenvalue weighted by molar-refractivity contribution is 4.77. The van der Waals surface area contributed by atoms with Gasteiger partial charge in [-0.3, -0.25) is 0 Å². The Morgan fingerprint density at radius 1 is 1.21 bits per heavy atom. The summed E-state index contributed by atoms with van der Waals surface area (Å²) in [4.78, 5) is 2.48. The van der Waals surface area contributed by atoms with Crippen molar-refractivity contribution in [2.24, 2.45) is 11.7 Å². The molecule has 0 spiro atoms. The highest BCUT2D eigenvalue weighted by Crippen LogP contribution is 2.21. The smallest absolute Gasteiger partial charge is 0.0191 e. The molecule has 2 nitrogen and oxygen atoms in total. The molecule has 0 aromatic carbocycles. The minimum atomic E-state index is 0.335. The summed E-state index contributed by atoms with van der Waals surface area (Å²) in [6, 6.07) is 1.13. The number of nitrogens with zero attached hydrogens (tertiary/aromatic N) is 1. The maximum atomic E-state index is 6.08. The third kappa shape index (κ3) is 3.58. The summed E-state index contributed by atoms with van der Waals surface area (Å²) >= 11 is 0. The Hall–Kier alpha value is -0.0800. The number of rotatable bonds is 4. The third-order valence-corrected chi connectivity index (χ3v) is 3.55. The summed E-state index contributed by atoms with van der Waals surface area (Å²) < 4.78 is 0. The zero-order chi connectivity index (χ0) is 10.6. The Balaban J connectivity index is 2.28. The van der Waals surface area contributed by atoms with E-state index in [0.717, 1.165) is 12.6 Å². The molecule has 1 aliphatic rings. The second kappa shape index (κ2) is 5.72. The fraction of sp³-hybridized carbons (Fsp3) is 1.00.